The van der Waals surface area contributed by atoms with E-state index in [2.05, 4.69) is 87.4 Å². The van der Waals surface area contributed by atoms with Crippen LogP contribution in [0.5, 0.6) is 0 Å². The van der Waals surface area contributed by atoms with Crippen molar-refractivity contribution in [3.8, 4) is 0 Å². The summed E-state index contributed by atoms with van der Waals surface area (Å²) < 4.78 is 19.3. The molecule has 0 bridgehead atoms. The summed E-state index contributed by atoms with van der Waals surface area (Å²) >= 11 is 0. The van der Waals surface area contributed by atoms with Crippen LogP contribution in [0.1, 0.15) is 93.2 Å². The monoisotopic (exact) mass is 439 g/mol. The van der Waals surface area contributed by atoms with Crippen LogP contribution in [-0.4, -0.2) is 0 Å². The molecule has 3 rings (SSSR count). The van der Waals surface area contributed by atoms with Crippen LogP contribution in [0.4, 0.5) is 0 Å². The highest BCUT2D eigenvalue weighted by atomic mass is 31.1. The molecule has 0 amide bonds. The summed E-state index contributed by atoms with van der Waals surface area (Å²) in [6.07, 6.45) is 2.07. The molecule has 0 saturated carbocycles. The van der Waals surface area contributed by atoms with E-state index in [-0.39, 0.29) is 21.7 Å². The number of fused-ring (bicyclic) bond motifs is 3. The zero-order valence-electron chi connectivity index (χ0n) is 21.1. The smallest absolute Gasteiger partial charge is 0.250 e. The third kappa shape index (κ3) is 5.23. The molecular formula is C28H40O2P+. The van der Waals surface area contributed by atoms with Gasteiger partial charge < -0.3 is 0 Å². The fraction of sp³-hybridized carbons (Fsp3) is 0.571. The van der Waals surface area contributed by atoms with Gasteiger partial charge in [0.05, 0.1) is 0 Å². The second-order valence-electron chi connectivity index (χ2n) is 13.0. The van der Waals surface area contributed by atoms with Gasteiger partial charge in [-0.15, -0.1) is 0 Å². The molecule has 1 unspecified atom stereocenters. The van der Waals surface area contributed by atoms with E-state index < -0.39 is 7.65 Å². The standard InChI is InChI=1S/C28H40O2P/c1-25(2,3)17-27(7,8)19-15-21-20-13-11-12-14-23(20)30-31(29)24(21)22(16-19)28(9,10)18-26(4,5)6/h11-16H,17-18H2,1-10H3/q+1. The molecule has 2 nitrogen and oxygen atoms in total. The van der Waals surface area contributed by atoms with Gasteiger partial charge >= 0.3 is 7.65 Å². The number of hydrogen-bond acceptors (Lipinski definition) is 2. The van der Waals surface area contributed by atoms with Crippen LogP contribution in [0.3, 0.4) is 0 Å². The van der Waals surface area contributed by atoms with E-state index in [0.717, 1.165) is 34.3 Å². The molecule has 1 heterocycles. The van der Waals surface area contributed by atoms with Gasteiger partial charge in [-0.25, -0.2) is 4.20 Å². The molecule has 0 aliphatic heterocycles. The maximum Gasteiger partial charge on any atom is 0.598 e. The Morgan fingerprint density at radius 3 is 1.87 bits per heavy atom. The third-order valence-corrected chi connectivity index (χ3v) is 7.32. The normalized spacial score (nSPS) is 14.5. The van der Waals surface area contributed by atoms with Crippen LogP contribution in [0, 0.1) is 10.8 Å². The van der Waals surface area contributed by atoms with Gasteiger partial charge in [0.2, 0.25) is 5.12 Å². The maximum atomic E-state index is 13.4. The molecule has 0 aliphatic rings. The van der Waals surface area contributed by atoms with Crippen LogP contribution >= 0.6 is 7.65 Å². The largest absolute Gasteiger partial charge is 0.598 e. The quantitative estimate of drug-likeness (QED) is 0.379. The number of para-hydroxylation sites is 1. The van der Waals surface area contributed by atoms with Crippen molar-refractivity contribution in [2.24, 2.45) is 10.8 Å². The first-order valence-corrected chi connectivity index (χ1v) is 12.6. The van der Waals surface area contributed by atoms with Crippen molar-refractivity contribution in [2.45, 2.75) is 92.9 Å². The number of benzene rings is 2. The van der Waals surface area contributed by atoms with E-state index in [0.29, 0.717) is 0 Å². The molecule has 1 atom stereocenters. The van der Waals surface area contributed by atoms with Crippen molar-refractivity contribution >= 4 is 29.1 Å². The molecule has 0 saturated heterocycles. The molecule has 3 heteroatoms. The van der Waals surface area contributed by atoms with Crippen molar-refractivity contribution in [3.63, 3.8) is 0 Å². The maximum absolute atomic E-state index is 13.4. The van der Waals surface area contributed by atoms with Crippen LogP contribution in [0.15, 0.2) is 40.6 Å². The highest BCUT2D eigenvalue weighted by molar-refractivity contribution is 7.37. The lowest BCUT2D eigenvalue weighted by molar-refractivity contribution is 0.280. The van der Waals surface area contributed by atoms with Crippen LogP contribution < -0.4 is 0 Å². The third-order valence-electron chi connectivity index (χ3n) is 6.11. The Hall–Kier alpha value is -1.66. The summed E-state index contributed by atoms with van der Waals surface area (Å²) in [4.78, 5) is 0. The summed E-state index contributed by atoms with van der Waals surface area (Å²) in [5, 5.41) is 3.02. The minimum Gasteiger partial charge on any atom is -0.250 e. The van der Waals surface area contributed by atoms with Crippen LogP contribution in [0.2, 0.25) is 0 Å². The molecule has 0 aliphatic carbocycles. The van der Waals surface area contributed by atoms with Gasteiger partial charge in [0.25, 0.3) is 0 Å². The van der Waals surface area contributed by atoms with E-state index in [1.807, 2.05) is 18.2 Å². The van der Waals surface area contributed by atoms with Gasteiger partial charge in [0.15, 0.2) is 5.58 Å². The van der Waals surface area contributed by atoms with Crippen LogP contribution in [0.25, 0.3) is 21.5 Å². The average Bonchev–Trinajstić information content (AvgIpc) is 2.56. The van der Waals surface area contributed by atoms with E-state index in [1.165, 1.54) is 11.1 Å². The van der Waals surface area contributed by atoms with Gasteiger partial charge in [0.1, 0.15) is 0 Å². The molecule has 0 fully saturated rings. The first-order chi connectivity index (χ1) is 14.0. The molecule has 0 N–H and O–H groups in total. The Balaban J connectivity index is 2.43. The Morgan fingerprint density at radius 2 is 1.29 bits per heavy atom. The minimum atomic E-state index is -1.95. The summed E-state index contributed by atoms with van der Waals surface area (Å²) in [5.74, 6) is 0. The Morgan fingerprint density at radius 1 is 0.742 bits per heavy atom. The summed E-state index contributed by atoms with van der Waals surface area (Å²) in [7, 11) is -1.95. The molecule has 0 radical (unpaired) electrons. The van der Waals surface area contributed by atoms with Crippen LogP contribution in [-0.2, 0) is 15.4 Å². The molecular weight excluding hydrogens is 399 g/mol. The van der Waals surface area contributed by atoms with Crippen molar-refractivity contribution in [3.05, 3.63) is 47.5 Å². The minimum absolute atomic E-state index is 0.00126. The van der Waals surface area contributed by atoms with Crippen molar-refractivity contribution in [1.82, 2.24) is 0 Å². The van der Waals surface area contributed by atoms with Gasteiger partial charge in [0, 0.05) is 16.3 Å². The predicted molar refractivity (Wildman–Crippen MR) is 136 cm³/mol. The average molecular weight is 440 g/mol. The van der Waals surface area contributed by atoms with E-state index >= 15 is 0 Å². The van der Waals surface area contributed by atoms with Crippen molar-refractivity contribution in [2.75, 3.05) is 0 Å². The second kappa shape index (κ2) is 7.73. The van der Waals surface area contributed by atoms with Gasteiger partial charge in [-0.1, -0.05) is 87.4 Å². The summed E-state index contributed by atoms with van der Waals surface area (Å²) in [6, 6.07) is 12.6. The SMILES string of the molecule is CC(C)(C)CC(C)(C)c1cc(C(C)(C)CC(C)(C)C)c2c(c1)c1ccccc1o[p+]2=O. The fourth-order valence-electron chi connectivity index (χ4n) is 5.70. The predicted octanol–water partition coefficient (Wildman–Crippen LogP) is 9.76. The first kappa shape index (κ1) is 24.0. The molecule has 168 valence electrons. The first-order valence-electron chi connectivity index (χ1n) is 11.4. The Labute approximate surface area is 189 Å². The summed E-state index contributed by atoms with van der Waals surface area (Å²) in [5.41, 5.74) is 3.46. The second-order valence-corrected chi connectivity index (χ2v) is 14.2. The Bertz CT molecular complexity index is 1170. The van der Waals surface area contributed by atoms with E-state index in [1.54, 1.807) is 0 Å². The zero-order chi connectivity index (χ0) is 23.4. The lowest BCUT2D eigenvalue weighted by Crippen LogP contribution is -2.28. The molecule has 0 spiro atoms. The van der Waals surface area contributed by atoms with Gasteiger partial charge in [-0.3, -0.25) is 0 Å². The number of hydrogen-bond donors (Lipinski definition) is 0. The lowest BCUT2D eigenvalue weighted by Gasteiger charge is -2.36. The molecule has 3 aromatic rings. The molecule has 1 aromatic heterocycles. The molecule has 31 heavy (non-hydrogen) atoms. The molecule has 2 aromatic carbocycles. The highest BCUT2D eigenvalue weighted by Crippen LogP contribution is 2.48. The topological polar surface area (TPSA) is 30.2 Å². The van der Waals surface area contributed by atoms with Gasteiger partial charge in [-0.2, -0.15) is 0 Å². The summed E-state index contributed by atoms with van der Waals surface area (Å²) in [6.45, 7) is 23.0. The lowest BCUT2D eigenvalue weighted by atomic mass is 9.68. The van der Waals surface area contributed by atoms with E-state index in [4.69, 9.17) is 4.20 Å². The number of rotatable bonds is 4. The van der Waals surface area contributed by atoms with E-state index in [9.17, 15) is 4.57 Å². The van der Waals surface area contributed by atoms with Crippen molar-refractivity contribution in [1.29, 1.82) is 0 Å². The Kier molecular flexibility index (Phi) is 5.98. The fourth-order valence-corrected chi connectivity index (χ4v) is 7.07. The van der Waals surface area contributed by atoms with Gasteiger partial charge in [-0.05, 0) is 62.8 Å². The zero-order valence-corrected chi connectivity index (χ0v) is 22.0. The highest BCUT2D eigenvalue weighted by Gasteiger charge is 2.36. The van der Waals surface area contributed by atoms with Crippen molar-refractivity contribution < 1.29 is 8.76 Å².